The fourth-order valence-electron chi connectivity index (χ4n) is 1.51. The molecule has 0 spiro atoms. The molecule has 1 atom stereocenters. The summed E-state index contributed by atoms with van der Waals surface area (Å²) in [6, 6.07) is 0.186. The fraction of sp³-hybridized carbons (Fsp3) is 0.615. The Morgan fingerprint density at radius 2 is 2.11 bits per heavy atom. The predicted molar refractivity (Wildman–Crippen MR) is 70.8 cm³/mol. The lowest BCUT2D eigenvalue weighted by atomic mass is 10.1. The van der Waals surface area contributed by atoms with Gasteiger partial charge in [0.25, 0.3) is 0 Å². The Kier molecular flexibility index (Phi) is 6.81. The van der Waals surface area contributed by atoms with Gasteiger partial charge in [-0.25, -0.2) is 9.97 Å². The molecule has 0 fully saturated rings. The predicted octanol–water partition coefficient (Wildman–Crippen LogP) is 0.695. The van der Waals surface area contributed by atoms with E-state index in [1.807, 2.05) is 13.8 Å². The molecule has 106 valence electrons. The number of aliphatic hydroxyl groups excluding tert-OH is 1. The minimum absolute atomic E-state index is 0.0333. The summed E-state index contributed by atoms with van der Waals surface area (Å²) in [6.45, 7) is 4.28. The van der Waals surface area contributed by atoms with Crippen molar-refractivity contribution in [3.63, 3.8) is 0 Å². The third-order valence-corrected chi connectivity index (χ3v) is 2.67. The second-order valence-electron chi connectivity index (χ2n) is 4.16. The minimum Gasteiger partial charge on any atom is -0.464 e. The molecule has 0 radical (unpaired) electrons. The van der Waals surface area contributed by atoms with Crippen molar-refractivity contribution in [3.05, 3.63) is 18.0 Å². The number of nitrogens with zero attached hydrogens (tertiary/aromatic N) is 2. The van der Waals surface area contributed by atoms with Crippen LogP contribution in [0.15, 0.2) is 12.4 Å². The Morgan fingerprint density at radius 1 is 1.42 bits per heavy atom. The number of carbonyl (C=O) groups is 1. The number of aryl methyl sites for hydroxylation is 1. The summed E-state index contributed by atoms with van der Waals surface area (Å²) >= 11 is 0. The molecule has 0 aliphatic heterocycles. The smallest absolute Gasteiger partial charge is 0.316 e. The van der Waals surface area contributed by atoms with Gasteiger partial charge in [0.05, 0.1) is 19.3 Å². The van der Waals surface area contributed by atoms with Crippen LogP contribution in [0.25, 0.3) is 0 Å². The molecule has 1 unspecified atom stereocenters. The van der Waals surface area contributed by atoms with E-state index >= 15 is 0 Å². The van der Waals surface area contributed by atoms with Crippen molar-refractivity contribution in [1.29, 1.82) is 0 Å². The van der Waals surface area contributed by atoms with E-state index in [0.29, 0.717) is 31.9 Å². The molecule has 0 aliphatic carbocycles. The van der Waals surface area contributed by atoms with E-state index in [0.717, 1.165) is 5.56 Å². The summed E-state index contributed by atoms with van der Waals surface area (Å²) in [5, 5.41) is 11.8. The zero-order chi connectivity index (χ0) is 14.1. The van der Waals surface area contributed by atoms with Crippen LogP contribution >= 0.6 is 0 Å². The van der Waals surface area contributed by atoms with Gasteiger partial charge in [-0.1, -0.05) is 6.92 Å². The number of ether oxygens (including phenoxy) is 1. The lowest BCUT2D eigenvalue weighted by Gasteiger charge is -2.13. The van der Waals surface area contributed by atoms with Crippen LogP contribution in [0.4, 0.5) is 0 Å². The van der Waals surface area contributed by atoms with Crippen molar-refractivity contribution in [1.82, 2.24) is 15.3 Å². The number of nitrogens with one attached hydrogen (secondary N) is 1. The molecule has 1 amide bonds. The van der Waals surface area contributed by atoms with Gasteiger partial charge in [-0.05, 0) is 25.3 Å². The number of carbonyl (C=O) groups excluding carboxylic acids is 1. The molecule has 6 nitrogen and oxygen atoms in total. The molecular formula is C13H21N3O3. The summed E-state index contributed by atoms with van der Waals surface area (Å²) in [5.41, 5.74) is 0.885. The quantitative estimate of drug-likeness (QED) is 0.724. The van der Waals surface area contributed by atoms with Gasteiger partial charge < -0.3 is 15.2 Å². The summed E-state index contributed by atoms with van der Waals surface area (Å²) in [6.07, 6.45) is 4.96. The number of aliphatic hydroxyl groups is 1. The highest BCUT2D eigenvalue weighted by Gasteiger charge is 2.09. The summed E-state index contributed by atoms with van der Waals surface area (Å²) in [4.78, 5) is 19.7. The molecule has 0 saturated heterocycles. The van der Waals surface area contributed by atoms with Crippen molar-refractivity contribution in [2.75, 3.05) is 13.2 Å². The number of aromatic nitrogens is 2. The topological polar surface area (TPSA) is 84.3 Å². The molecule has 1 heterocycles. The maximum Gasteiger partial charge on any atom is 0.316 e. The largest absolute Gasteiger partial charge is 0.464 e. The summed E-state index contributed by atoms with van der Waals surface area (Å²) < 4.78 is 5.14. The zero-order valence-corrected chi connectivity index (χ0v) is 11.4. The SMILES string of the molecule is CCOc1ncc(CCC(=O)NC(CC)CO)cn1. The average Bonchev–Trinajstić information content (AvgIpc) is 2.44. The van der Waals surface area contributed by atoms with Gasteiger partial charge >= 0.3 is 6.01 Å². The van der Waals surface area contributed by atoms with Crippen molar-refractivity contribution in [2.45, 2.75) is 39.2 Å². The van der Waals surface area contributed by atoms with E-state index in [1.54, 1.807) is 12.4 Å². The number of hydrogen-bond acceptors (Lipinski definition) is 5. The normalized spacial score (nSPS) is 11.9. The summed E-state index contributed by atoms with van der Waals surface area (Å²) in [5.74, 6) is -0.0743. The number of rotatable bonds is 8. The van der Waals surface area contributed by atoms with Gasteiger partial charge in [-0.15, -0.1) is 0 Å². The van der Waals surface area contributed by atoms with Gasteiger partial charge in [0.2, 0.25) is 5.91 Å². The highest BCUT2D eigenvalue weighted by molar-refractivity contribution is 5.76. The molecule has 1 rings (SSSR count). The highest BCUT2D eigenvalue weighted by Crippen LogP contribution is 2.05. The van der Waals surface area contributed by atoms with Gasteiger partial charge in [0, 0.05) is 18.8 Å². The van der Waals surface area contributed by atoms with Gasteiger partial charge in [0.15, 0.2) is 0 Å². The minimum atomic E-state index is -0.163. The molecule has 19 heavy (non-hydrogen) atoms. The maximum atomic E-state index is 11.6. The second-order valence-corrected chi connectivity index (χ2v) is 4.16. The highest BCUT2D eigenvalue weighted by atomic mass is 16.5. The first-order valence-electron chi connectivity index (χ1n) is 6.53. The molecule has 0 aromatic carbocycles. The molecule has 6 heteroatoms. The Hall–Kier alpha value is -1.69. The maximum absolute atomic E-state index is 11.6. The van der Waals surface area contributed by atoms with Gasteiger partial charge in [0.1, 0.15) is 0 Å². The lowest BCUT2D eigenvalue weighted by molar-refractivity contribution is -0.122. The summed E-state index contributed by atoms with van der Waals surface area (Å²) in [7, 11) is 0. The standard InChI is InChI=1S/C13H21N3O3/c1-3-11(9-17)16-12(18)6-5-10-7-14-13(15-8-10)19-4-2/h7-8,11,17H,3-6,9H2,1-2H3,(H,16,18). The average molecular weight is 267 g/mol. The van der Waals surface area contributed by atoms with Crippen LogP contribution in [-0.2, 0) is 11.2 Å². The van der Waals surface area contributed by atoms with Crippen LogP contribution < -0.4 is 10.1 Å². The van der Waals surface area contributed by atoms with Gasteiger partial charge in [-0.3, -0.25) is 4.79 Å². The van der Waals surface area contributed by atoms with Crippen LogP contribution in [-0.4, -0.2) is 40.2 Å². The van der Waals surface area contributed by atoms with Crippen molar-refractivity contribution in [2.24, 2.45) is 0 Å². The Morgan fingerprint density at radius 3 is 2.63 bits per heavy atom. The zero-order valence-electron chi connectivity index (χ0n) is 11.4. The second kappa shape index (κ2) is 8.42. The first-order chi connectivity index (χ1) is 9.19. The molecule has 1 aromatic heterocycles. The van der Waals surface area contributed by atoms with Crippen LogP contribution in [0.1, 0.15) is 32.3 Å². The fourth-order valence-corrected chi connectivity index (χ4v) is 1.51. The Balaban J connectivity index is 2.37. The Bertz CT molecular complexity index is 377. The lowest BCUT2D eigenvalue weighted by Crippen LogP contribution is -2.37. The molecule has 0 saturated carbocycles. The van der Waals surface area contributed by atoms with E-state index in [1.165, 1.54) is 0 Å². The third-order valence-electron chi connectivity index (χ3n) is 2.67. The first-order valence-corrected chi connectivity index (χ1v) is 6.53. The van der Waals surface area contributed by atoms with Crippen molar-refractivity contribution in [3.8, 4) is 6.01 Å². The van der Waals surface area contributed by atoms with E-state index in [2.05, 4.69) is 15.3 Å². The van der Waals surface area contributed by atoms with Crippen LogP contribution in [0.2, 0.25) is 0 Å². The Labute approximate surface area is 113 Å². The molecule has 1 aromatic rings. The first kappa shape index (κ1) is 15.4. The van der Waals surface area contributed by atoms with Crippen LogP contribution in [0, 0.1) is 0 Å². The number of amides is 1. The van der Waals surface area contributed by atoms with E-state index in [-0.39, 0.29) is 18.6 Å². The van der Waals surface area contributed by atoms with Gasteiger partial charge in [-0.2, -0.15) is 0 Å². The molecule has 2 N–H and O–H groups in total. The van der Waals surface area contributed by atoms with E-state index in [4.69, 9.17) is 9.84 Å². The van der Waals surface area contributed by atoms with Crippen LogP contribution in [0.5, 0.6) is 6.01 Å². The number of hydrogen-bond donors (Lipinski definition) is 2. The van der Waals surface area contributed by atoms with Crippen molar-refractivity contribution < 1.29 is 14.6 Å². The molecule has 0 aliphatic rings. The van der Waals surface area contributed by atoms with E-state index in [9.17, 15) is 4.79 Å². The van der Waals surface area contributed by atoms with E-state index < -0.39 is 0 Å². The molecule has 0 bridgehead atoms. The van der Waals surface area contributed by atoms with Crippen molar-refractivity contribution >= 4 is 5.91 Å². The third kappa shape index (κ3) is 5.65. The van der Waals surface area contributed by atoms with Crippen LogP contribution in [0.3, 0.4) is 0 Å². The monoisotopic (exact) mass is 267 g/mol. The molecular weight excluding hydrogens is 246 g/mol.